The standard InChI is InChI=1S/C7H11NO.C6H8N2/c1-7(9)4-2-6(8)3-5-7;7-5-3-1-2-4-6(5)8/h2-4,9H,5,8H2,1H3;1-4H,7-8H2. The molecule has 1 atom stereocenters. The number of hydrogen-bond donors (Lipinski definition) is 4. The van der Waals surface area contributed by atoms with Crippen LogP contribution in [0.3, 0.4) is 0 Å². The Bertz CT molecular complexity index is 415. The maximum atomic E-state index is 9.31. The van der Waals surface area contributed by atoms with E-state index >= 15 is 0 Å². The van der Waals surface area contributed by atoms with Crippen molar-refractivity contribution in [3.8, 4) is 0 Å². The summed E-state index contributed by atoms with van der Waals surface area (Å²) in [5.41, 5.74) is 17.6. The van der Waals surface area contributed by atoms with Gasteiger partial charge in [-0.05, 0) is 31.6 Å². The normalized spacial score (nSPS) is 22.4. The van der Waals surface area contributed by atoms with Crippen LogP contribution in [0, 0.1) is 0 Å². The lowest BCUT2D eigenvalue weighted by Crippen LogP contribution is -2.22. The third-order valence-corrected chi connectivity index (χ3v) is 2.38. The van der Waals surface area contributed by atoms with Gasteiger partial charge >= 0.3 is 0 Å². The zero-order valence-corrected chi connectivity index (χ0v) is 9.93. The van der Waals surface area contributed by atoms with Crippen LogP contribution in [0.2, 0.25) is 0 Å². The molecule has 7 N–H and O–H groups in total. The minimum Gasteiger partial charge on any atom is -0.399 e. The second-order valence-corrected chi connectivity index (χ2v) is 4.23. The lowest BCUT2D eigenvalue weighted by atomic mass is 9.97. The minimum absolute atomic E-state index is 0.620. The van der Waals surface area contributed by atoms with Gasteiger partial charge in [0, 0.05) is 5.70 Å². The summed E-state index contributed by atoms with van der Waals surface area (Å²) >= 11 is 0. The molecule has 2 rings (SSSR count). The highest BCUT2D eigenvalue weighted by Crippen LogP contribution is 2.17. The highest BCUT2D eigenvalue weighted by atomic mass is 16.3. The third-order valence-electron chi connectivity index (χ3n) is 2.38. The van der Waals surface area contributed by atoms with E-state index in [1.165, 1.54) is 0 Å². The van der Waals surface area contributed by atoms with E-state index in [1.54, 1.807) is 31.2 Å². The van der Waals surface area contributed by atoms with Crippen LogP contribution in [-0.4, -0.2) is 10.7 Å². The first-order valence-electron chi connectivity index (χ1n) is 5.38. The Morgan fingerprint density at radius 1 is 1.12 bits per heavy atom. The Kier molecular flexibility index (Phi) is 4.17. The second kappa shape index (κ2) is 5.41. The number of nitrogen functional groups attached to an aromatic ring is 2. The highest BCUT2D eigenvalue weighted by molar-refractivity contribution is 5.62. The number of allylic oxidation sites excluding steroid dienone is 1. The number of anilines is 2. The molecule has 0 aliphatic heterocycles. The van der Waals surface area contributed by atoms with Crippen molar-refractivity contribution in [2.24, 2.45) is 5.73 Å². The van der Waals surface area contributed by atoms with Crippen molar-refractivity contribution < 1.29 is 5.11 Å². The van der Waals surface area contributed by atoms with Gasteiger partial charge in [0.15, 0.2) is 0 Å². The van der Waals surface area contributed by atoms with Gasteiger partial charge in [0.25, 0.3) is 0 Å². The quantitative estimate of drug-likeness (QED) is 0.509. The summed E-state index contributed by atoms with van der Waals surface area (Å²) in [6, 6.07) is 7.25. The molecule has 4 nitrogen and oxygen atoms in total. The Hall–Kier alpha value is -1.94. The number of nitrogens with two attached hydrogens (primary N) is 3. The molecule has 0 heterocycles. The van der Waals surface area contributed by atoms with Crippen molar-refractivity contribution in [1.29, 1.82) is 0 Å². The van der Waals surface area contributed by atoms with E-state index in [9.17, 15) is 5.11 Å². The van der Waals surface area contributed by atoms with Crippen molar-refractivity contribution in [3.05, 3.63) is 48.2 Å². The van der Waals surface area contributed by atoms with Crippen molar-refractivity contribution in [2.45, 2.75) is 18.9 Å². The summed E-state index contributed by atoms with van der Waals surface area (Å²) in [4.78, 5) is 0. The van der Waals surface area contributed by atoms with E-state index in [0.29, 0.717) is 17.8 Å². The predicted molar refractivity (Wildman–Crippen MR) is 71.9 cm³/mol. The largest absolute Gasteiger partial charge is 0.399 e. The molecule has 0 spiro atoms. The number of aliphatic hydroxyl groups is 1. The smallest absolute Gasteiger partial charge is 0.0838 e. The summed E-state index contributed by atoms with van der Waals surface area (Å²) in [5, 5.41) is 9.31. The molecule has 0 fully saturated rings. The molecule has 0 aromatic heterocycles. The number of benzene rings is 1. The summed E-state index contributed by atoms with van der Waals surface area (Å²) in [6.45, 7) is 1.76. The van der Waals surface area contributed by atoms with Crippen LogP contribution in [-0.2, 0) is 0 Å². The first-order valence-corrected chi connectivity index (χ1v) is 5.38. The Labute approximate surface area is 101 Å². The van der Waals surface area contributed by atoms with E-state index in [2.05, 4.69) is 0 Å². The summed E-state index contributed by atoms with van der Waals surface area (Å²) in [5.74, 6) is 0. The van der Waals surface area contributed by atoms with Gasteiger partial charge in [-0.15, -0.1) is 0 Å². The Balaban J connectivity index is 0.000000171. The van der Waals surface area contributed by atoms with Crippen LogP contribution in [0.5, 0.6) is 0 Å². The molecule has 92 valence electrons. The van der Waals surface area contributed by atoms with E-state index in [4.69, 9.17) is 17.2 Å². The van der Waals surface area contributed by atoms with Crippen LogP contribution in [0.4, 0.5) is 11.4 Å². The van der Waals surface area contributed by atoms with E-state index in [1.807, 2.05) is 18.2 Å². The van der Waals surface area contributed by atoms with Gasteiger partial charge in [0.1, 0.15) is 0 Å². The number of para-hydroxylation sites is 2. The zero-order chi connectivity index (χ0) is 12.9. The molecule has 1 aliphatic rings. The van der Waals surface area contributed by atoms with Crippen molar-refractivity contribution in [2.75, 3.05) is 11.5 Å². The SMILES string of the molecule is CC1(O)C=CC(N)=CC1.Nc1ccccc1N. The van der Waals surface area contributed by atoms with Gasteiger partial charge in [-0.2, -0.15) is 0 Å². The van der Waals surface area contributed by atoms with Gasteiger partial charge in [0.05, 0.1) is 17.0 Å². The van der Waals surface area contributed by atoms with E-state index < -0.39 is 5.60 Å². The van der Waals surface area contributed by atoms with Crippen LogP contribution < -0.4 is 17.2 Å². The molecular weight excluding hydrogens is 214 g/mol. The Morgan fingerprint density at radius 3 is 1.94 bits per heavy atom. The number of rotatable bonds is 0. The van der Waals surface area contributed by atoms with Crippen molar-refractivity contribution >= 4 is 11.4 Å². The maximum absolute atomic E-state index is 9.31. The highest BCUT2D eigenvalue weighted by Gasteiger charge is 2.16. The minimum atomic E-state index is -0.678. The molecule has 0 saturated carbocycles. The molecule has 4 heteroatoms. The molecule has 1 unspecified atom stereocenters. The van der Waals surface area contributed by atoms with Gasteiger partial charge in [-0.1, -0.05) is 24.3 Å². The van der Waals surface area contributed by atoms with E-state index in [0.717, 1.165) is 5.70 Å². The summed E-state index contributed by atoms with van der Waals surface area (Å²) < 4.78 is 0. The predicted octanol–water partition coefficient (Wildman–Crippen LogP) is 1.39. The molecule has 1 aliphatic carbocycles. The topological polar surface area (TPSA) is 98.3 Å². The second-order valence-electron chi connectivity index (χ2n) is 4.23. The monoisotopic (exact) mass is 233 g/mol. The fourth-order valence-electron chi connectivity index (χ4n) is 1.25. The van der Waals surface area contributed by atoms with Gasteiger partial charge in [-0.3, -0.25) is 0 Å². The van der Waals surface area contributed by atoms with Crippen LogP contribution >= 0.6 is 0 Å². The molecule has 17 heavy (non-hydrogen) atoms. The molecule has 0 amide bonds. The Morgan fingerprint density at radius 2 is 1.65 bits per heavy atom. The molecule has 0 saturated heterocycles. The lowest BCUT2D eigenvalue weighted by Gasteiger charge is -2.19. The molecule has 0 bridgehead atoms. The van der Waals surface area contributed by atoms with Crippen LogP contribution in [0.15, 0.2) is 48.2 Å². The van der Waals surface area contributed by atoms with Crippen LogP contribution in [0.25, 0.3) is 0 Å². The van der Waals surface area contributed by atoms with Crippen molar-refractivity contribution in [3.63, 3.8) is 0 Å². The van der Waals surface area contributed by atoms with Gasteiger partial charge in [0.2, 0.25) is 0 Å². The van der Waals surface area contributed by atoms with Crippen LogP contribution in [0.1, 0.15) is 13.3 Å². The van der Waals surface area contributed by atoms with Crippen molar-refractivity contribution in [1.82, 2.24) is 0 Å². The average molecular weight is 233 g/mol. The zero-order valence-electron chi connectivity index (χ0n) is 9.93. The van der Waals surface area contributed by atoms with Gasteiger partial charge in [-0.25, -0.2) is 0 Å². The maximum Gasteiger partial charge on any atom is 0.0838 e. The fraction of sp³-hybridized carbons (Fsp3) is 0.231. The third kappa shape index (κ3) is 4.61. The molecular formula is C13H19N3O. The fourth-order valence-corrected chi connectivity index (χ4v) is 1.25. The molecule has 0 radical (unpaired) electrons. The van der Waals surface area contributed by atoms with Gasteiger partial charge < -0.3 is 22.3 Å². The summed E-state index contributed by atoms with van der Waals surface area (Å²) in [7, 11) is 0. The average Bonchev–Trinajstić information content (AvgIpc) is 2.28. The summed E-state index contributed by atoms with van der Waals surface area (Å²) in [6.07, 6.45) is 5.88. The lowest BCUT2D eigenvalue weighted by molar-refractivity contribution is 0.113. The number of hydrogen-bond acceptors (Lipinski definition) is 4. The van der Waals surface area contributed by atoms with E-state index in [-0.39, 0.29) is 0 Å². The molecule has 1 aromatic carbocycles. The molecule has 1 aromatic rings. The first kappa shape index (κ1) is 13.1. The first-order chi connectivity index (χ1) is 7.91.